The molecule has 2 aromatic rings. The lowest BCUT2D eigenvalue weighted by Gasteiger charge is -2.08. The molecule has 0 bridgehead atoms. The van der Waals surface area contributed by atoms with Crippen molar-refractivity contribution in [3.05, 3.63) is 59.2 Å². The van der Waals surface area contributed by atoms with Gasteiger partial charge in [-0.05, 0) is 42.3 Å². The van der Waals surface area contributed by atoms with Crippen molar-refractivity contribution in [3.63, 3.8) is 0 Å². The van der Waals surface area contributed by atoms with Crippen LogP contribution in [0, 0.1) is 0 Å². The highest BCUT2D eigenvalue weighted by Crippen LogP contribution is 2.32. The van der Waals surface area contributed by atoms with Gasteiger partial charge in [-0.15, -0.1) is 0 Å². The molecule has 0 saturated heterocycles. The average molecular weight is 355 g/mol. The van der Waals surface area contributed by atoms with Gasteiger partial charge in [0.1, 0.15) is 0 Å². The molecule has 2 amide bonds. The first-order valence-corrected chi connectivity index (χ1v) is 8.42. The third kappa shape index (κ3) is 4.31. The Balaban J connectivity index is 1.38. The standard InChI is InChI=1S/C19H21N3O4/c20-11-13-2-4-14(5-3-13)18(23)21-8-1-9-22-19(24)15-6-7-16-17(10-15)26-12-25-16/h2-7,10H,1,8-9,11-12,20H2,(H,21,23)(H,22,24). The van der Waals surface area contributed by atoms with Gasteiger partial charge in [0.2, 0.25) is 6.79 Å². The van der Waals surface area contributed by atoms with Gasteiger partial charge in [0.15, 0.2) is 11.5 Å². The largest absolute Gasteiger partial charge is 0.454 e. The number of hydrogen-bond donors (Lipinski definition) is 3. The van der Waals surface area contributed by atoms with Crippen LogP contribution in [0.25, 0.3) is 0 Å². The van der Waals surface area contributed by atoms with Crippen LogP contribution in [0.3, 0.4) is 0 Å². The molecule has 1 heterocycles. The van der Waals surface area contributed by atoms with E-state index in [1.165, 1.54) is 0 Å². The minimum atomic E-state index is -0.188. The Hall–Kier alpha value is -3.06. The Morgan fingerprint density at radius 1 is 0.885 bits per heavy atom. The molecule has 1 aliphatic heterocycles. The van der Waals surface area contributed by atoms with Gasteiger partial charge >= 0.3 is 0 Å². The Morgan fingerprint density at radius 2 is 1.50 bits per heavy atom. The topological polar surface area (TPSA) is 103 Å². The van der Waals surface area contributed by atoms with E-state index in [-0.39, 0.29) is 18.6 Å². The van der Waals surface area contributed by atoms with Crippen LogP contribution in [0.2, 0.25) is 0 Å². The Morgan fingerprint density at radius 3 is 2.19 bits per heavy atom. The predicted octanol–water partition coefficient (Wildman–Crippen LogP) is 1.42. The maximum Gasteiger partial charge on any atom is 0.251 e. The first-order chi connectivity index (χ1) is 12.7. The van der Waals surface area contributed by atoms with Crippen molar-refractivity contribution >= 4 is 11.8 Å². The second kappa shape index (κ2) is 8.35. The molecule has 26 heavy (non-hydrogen) atoms. The van der Waals surface area contributed by atoms with E-state index in [1.54, 1.807) is 30.3 Å². The molecule has 0 atom stereocenters. The summed E-state index contributed by atoms with van der Waals surface area (Å²) in [4.78, 5) is 24.1. The molecule has 1 aliphatic rings. The number of nitrogens with two attached hydrogens (primary N) is 1. The molecular formula is C19H21N3O4. The minimum absolute atomic E-state index is 0.143. The van der Waals surface area contributed by atoms with E-state index >= 15 is 0 Å². The smallest absolute Gasteiger partial charge is 0.251 e. The minimum Gasteiger partial charge on any atom is -0.454 e. The van der Waals surface area contributed by atoms with Crippen LogP contribution >= 0.6 is 0 Å². The van der Waals surface area contributed by atoms with E-state index in [4.69, 9.17) is 15.2 Å². The SMILES string of the molecule is NCc1ccc(C(=O)NCCCNC(=O)c2ccc3c(c2)OCO3)cc1. The summed E-state index contributed by atoms with van der Waals surface area (Å²) in [7, 11) is 0. The zero-order valence-corrected chi connectivity index (χ0v) is 14.3. The fraction of sp³-hybridized carbons (Fsp3) is 0.263. The summed E-state index contributed by atoms with van der Waals surface area (Å²) in [6, 6.07) is 12.2. The summed E-state index contributed by atoms with van der Waals surface area (Å²) in [5.74, 6) is 0.886. The van der Waals surface area contributed by atoms with Gasteiger partial charge in [-0.3, -0.25) is 9.59 Å². The number of nitrogens with one attached hydrogen (secondary N) is 2. The Bertz CT molecular complexity index is 790. The van der Waals surface area contributed by atoms with Crippen LogP contribution in [0.1, 0.15) is 32.7 Å². The molecule has 0 aliphatic carbocycles. The highest BCUT2D eigenvalue weighted by molar-refractivity contribution is 5.95. The number of fused-ring (bicyclic) bond motifs is 1. The van der Waals surface area contributed by atoms with Crippen molar-refractivity contribution in [1.82, 2.24) is 10.6 Å². The van der Waals surface area contributed by atoms with E-state index in [0.29, 0.717) is 48.7 Å². The highest BCUT2D eigenvalue weighted by atomic mass is 16.7. The molecule has 2 aromatic carbocycles. The second-order valence-corrected chi connectivity index (χ2v) is 5.83. The van der Waals surface area contributed by atoms with Gasteiger partial charge in [0.25, 0.3) is 11.8 Å². The first kappa shape index (κ1) is 17.8. The van der Waals surface area contributed by atoms with Crippen LogP contribution in [-0.4, -0.2) is 31.7 Å². The first-order valence-electron chi connectivity index (χ1n) is 8.42. The number of carbonyl (C=O) groups is 2. The lowest BCUT2D eigenvalue weighted by Crippen LogP contribution is -2.29. The quantitative estimate of drug-likeness (QED) is 0.652. The van der Waals surface area contributed by atoms with Crippen molar-refractivity contribution in [2.45, 2.75) is 13.0 Å². The number of amides is 2. The van der Waals surface area contributed by atoms with Crippen molar-refractivity contribution in [1.29, 1.82) is 0 Å². The fourth-order valence-corrected chi connectivity index (χ4v) is 2.53. The summed E-state index contributed by atoms with van der Waals surface area (Å²) >= 11 is 0. The summed E-state index contributed by atoms with van der Waals surface area (Å²) in [5.41, 5.74) is 7.62. The van der Waals surface area contributed by atoms with E-state index in [0.717, 1.165) is 5.56 Å². The summed E-state index contributed by atoms with van der Waals surface area (Å²) in [5, 5.41) is 5.64. The average Bonchev–Trinajstić information content (AvgIpc) is 3.15. The van der Waals surface area contributed by atoms with Gasteiger partial charge in [0.05, 0.1) is 0 Å². The monoisotopic (exact) mass is 355 g/mol. The van der Waals surface area contributed by atoms with Gasteiger partial charge in [-0.25, -0.2) is 0 Å². The number of carbonyl (C=O) groups excluding carboxylic acids is 2. The maximum absolute atomic E-state index is 12.1. The van der Waals surface area contributed by atoms with Crippen molar-refractivity contribution in [2.75, 3.05) is 19.9 Å². The lowest BCUT2D eigenvalue weighted by molar-refractivity contribution is 0.0951. The van der Waals surface area contributed by atoms with Gasteiger partial charge < -0.3 is 25.8 Å². The molecule has 0 fully saturated rings. The van der Waals surface area contributed by atoms with Crippen LogP contribution < -0.4 is 25.8 Å². The van der Waals surface area contributed by atoms with E-state index in [9.17, 15) is 9.59 Å². The molecule has 0 radical (unpaired) electrons. The van der Waals surface area contributed by atoms with Crippen LogP contribution in [0.5, 0.6) is 11.5 Å². The highest BCUT2D eigenvalue weighted by Gasteiger charge is 2.15. The van der Waals surface area contributed by atoms with Crippen LogP contribution in [0.4, 0.5) is 0 Å². The molecule has 7 nitrogen and oxygen atoms in total. The molecule has 0 spiro atoms. The van der Waals surface area contributed by atoms with Crippen molar-refractivity contribution < 1.29 is 19.1 Å². The molecule has 7 heteroatoms. The van der Waals surface area contributed by atoms with Crippen LogP contribution in [-0.2, 0) is 6.54 Å². The zero-order chi connectivity index (χ0) is 18.4. The summed E-state index contributed by atoms with van der Waals surface area (Å²) in [6.07, 6.45) is 0.628. The predicted molar refractivity (Wildman–Crippen MR) is 96.2 cm³/mol. The van der Waals surface area contributed by atoms with Gasteiger partial charge in [-0.1, -0.05) is 12.1 Å². The summed E-state index contributed by atoms with van der Waals surface area (Å²) in [6.45, 7) is 1.55. The Kier molecular flexibility index (Phi) is 5.70. The van der Waals surface area contributed by atoms with E-state index in [1.807, 2.05) is 12.1 Å². The van der Waals surface area contributed by atoms with Gasteiger partial charge in [-0.2, -0.15) is 0 Å². The molecule has 4 N–H and O–H groups in total. The molecular weight excluding hydrogens is 334 g/mol. The molecule has 0 unspecified atom stereocenters. The fourth-order valence-electron chi connectivity index (χ4n) is 2.53. The maximum atomic E-state index is 12.1. The molecule has 136 valence electrons. The molecule has 0 saturated carbocycles. The second-order valence-electron chi connectivity index (χ2n) is 5.83. The van der Waals surface area contributed by atoms with E-state index < -0.39 is 0 Å². The zero-order valence-electron chi connectivity index (χ0n) is 14.3. The number of rotatable bonds is 7. The van der Waals surface area contributed by atoms with Crippen molar-refractivity contribution in [3.8, 4) is 11.5 Å². The Labute approximate surface area is 151 Å². The number of ether oxygens (including phenoxy) is 2. The lowest BCUT2D eigenvalue weighted by atomic mass is 10.1. The van der Waals surface area contributed by atoms with E-state index in [2.05, 4.69) is 10.6 Å². The van der Waals surface area contributed by atoms with Crippen LogP contribution in [0.15, 0.2) is 42.5 Å². The van der Waals surface area contributed by atoms with Gasteiger partial charge in [0, 0.05) is 30.8 Å². The third-order valence-corrected chi connectivity index (χ3v) is 4.01. The molecule has 0 aromatic heterocycles. The normalized spacial score (nSPS) is 11.9. The van der Waals surface area contributed by atoms with Crippen molar-refractivity contribution in [2.24, 2.45) is 5.73 Å². The number of benzene rings is 2. The molecule has 3 rings (SSSR count). The summed E-state index contributed by atoms with van der Waals surface area (Å²) < 4.78 is 10.5. The third-order valence-electron chi connectivity index (χ3n) is 4.01. The number of hydrogen-bond acceptors (Lipinski definition) is 5.